The summed E-state index contributed by atoms with van der Waals surface area (Å²) in [6.07, 6.45) is 1.20. The van der Waals surface area contributed by atoms with Gasteiger partial charge in [0.2, 0.25) is 6.79 Å². The third kappa shape index (κ3) is 2.17. The van der Waals surface area contributed by atoms with E-state index in [0.717, 1.165) is 5.56 Å². The summed E-state index contributed by atoms with van der Waals surface area (Å²) in [5, 5.41) is -0.683. The molecule has 1 saturated carbocycles. The second-order valence-electron chi connectivity index (χ2n) is 5.68. The molecule has 1 aliphatic carbocycles. The summed E-state index contributed by atoms with van der Waals surface area (Å²) in [5.74, 6) is 0.910. The summed E-state index contributed by atoms with van der Waals surface area (Å²) in [6.45, 7) is 0.330. The van der Waals surface area contributed by atoms with Crippen LogP contribution in [-0.2, 0) is 14.6 Å². The molecule has 120 valence electrons. The van der Waals surface area contributed by atoms with Gasteiger partial charge in [0.15, 0.2) is 21.3 Å². The quantitative estimate of drug-likeness (QED) is 0.793. The lowest BCUT2D eigenvalue weighted by Gasteiger charge is -2.15. The van der Waals surface area contributed by atoms with E-state index in [4.69, 9.17) is 32.2 Å². The fourth-order valence-electron chi connectivity index (χ4n) is 3.39. The molecule has 0 unspecified atom stereocenters. The van der Waals surface area contributed by atoms with Crippen LogP contribution in [0.5, 0.6) is 11.5 Å². The van der Waals surface area contributed by atoms with Crippen molar-refractivity contribution in [1.29, 1.82) is 0 Å². The van der Waals surface area contributed by atoms with Crippen LogP contribution in [0.3, 0.4) is 0 Å². The number of benzene rings is 1. The number of sulfone groups is 1. The minimum Gasteiger partial charge on any atom is -0.454 e. The van der Waals surface area contributed by atoms with Crippen LogP contribution >= 0.6 is 12.2 Å². The van der Waals surface area contributed by atoms with Gasteiger partial charge in [-0.25, -0.2) is 8.42 Å². The lowest BCUT2D eigenvalue weighted by atomic mass is 9.99. The summed E-state index contributed by atoms with van der Waals surface area (Å²) < 4.78 is 40.2. The van der Waals surface area contributed by atoms with Crippen LogP contribution in [0.25, 0.3) is 0 Å². The second kappa shape index (κ2) is 5.07. The van der Waals surface area contributed by atoms with Gasteiger partial charge in [-0.2, -0.15) is 0 Å². The minimum absolute atomic E-state index is 0.160. The minimum atomic E-state index is -3.34. The summed E-state index contributed by atoms with van der Waals surface area (Å²) in [6, 6.07) is 5.39. The van der Waals surface area contributed by atoms with Crippen molar-refractivity contribution < 1.29 is 22.6 Å². The molecular formula is C14H17NO5S2. The van der Waals surface area contributed by atoms with Crippen molar-refractivity contribution in [3.63, 3.8) is 0 Å². The summed E-state index contributed by atoms with van der Waals surface area (Å²) in [4.78, 5) is 0.160. The van der Waals surface area contributed by atoms with Crippen molar-refractivity contribution in [2.45, 2.75) is 11.2 Å². The van der Waals surface area contributed by atoms with E-state index in [1.165, 1.54) is 13.4 Å². The number of fused-ring (bicyclic) bond motifs is 1. The number of methoxy groups -OCH3 is 1. The number of rotatable bonds is 5. The third-order valence-corrected chi connectivity index (χ3v) is 6.31. The van der Waals surface area contributed by atoms with Crippen LogP contribution in [-0.4, -0.2) is 45.4 Å². The molecule has 1 aliphatic heterocycles. The van der Waals surface area contributed by atoms with Gasteiger partial charge >= 0.3 is 0 Å². The number of hydrogen-bond acceptors (Lipinski definition) is 6. The lowest BCUT2D eigenvalue weighted by molar-refractivity contribution is 0.166. The highest BCUT2D eigenvalue weighted by Gasteiger charge is 2.72. The van der Waals surface area contributed by atoms with Gasteiger partial charge in [0.1, 0.15) is 0 Å². The average molecular weight is 343 g/mol. The first kappa shape index (κ1) is 15.5. The maximum absolute atomic E-state index is 12.2. The van der Waals surface area contributed by atoms with Gasteiger partial charge in [-0.15, -0.1) is 0 Å². The first-order valence-electron chi connectivity index (χ1n) is 6.69. The Kier molecular flexibility index (Phi) is 3.58. The molecule has 2 N–H and O–H groups in total. The van der Waals surface area contributed by atoms with Crippen LogP contribution < -0.4 is 15.2 Å². The molecule has 1 aromatic carbocycles. The Balaban J connectivity index is 2.06. The van der Waals surface area contributed by atoms with Gasteiger partial charge < -0.3 is 19.9 Å². The van der Waals surface area contributed by atoms with Crippen LogP contribution in [0.15, 0.2) is 18.2 Å². The molecule has 1 aromatic rings. The summed E-state index contributed by atoms with van der Waals surface area (Å²) >= 11 is 5.16. The smallest absolute Gasteiger partial charge is 0.231 e. The van der Waals surface area contributed by atoms with Crippen LogP contribution in [0, 0.1) is 5.41 Å². The lowest BCUT2D eigenvalue weighted by Crippen LogP contribution is -2.32. The largest absolute Gasteiger partial charge is 0.454 e. The van der Waals surface area contributed by atoms with Gasteiger partial charge in [-0.1, -0.05) is 18.3 Å². The topological polar surface area (TPSA) is 87.8 Å². The fraction of sp³-hybridized carbons (Fsp3) is 0.500. The molecule has 0 radical (unpaired) electrons. The van der Waals surface area contributed by atoms with E-state index in [1.54, 1.807) is 12.1 Å². The van der Waals surface area contributed by atoms with Crippen molar-refractivity contribution in [3.05, 3.63) is 23.8 Å². The Morgan fingerprint density at radius 2 is 2.14 bits per heavy atom. The molecule has 3 rings (SSSR count). The number of thiocarbonyl (C=S) groups is 1. The molecule has 0 amide bonds. The zero-order valence-electron chi connectivity index (χ0n) is 12.2. The molecule has 3 atom stereocenters. The predicted octanol–water partition coefficient (Wildman–Crippen LogP) is 0.845. The van der Waals surface area contributed by atoms with Crippen molar-refractivity contribution in [3.8, 4) is 11.5 Å². The maximum Gasteiger partial charge on any atom is 0.231 e. The Hall–Kier alpha value is -1.38. The van der Waals surface area contributed by atoms with Gasteiger partial charge in [0, 0.05) is 19.3 Å². The van der Waals surface area contributed by atoms with E-state index in [9.17, 15) is 8.42 Å². The molecule has 1 fully saturated rings. The SMILES string of the molecule is COC[C@]1(C(N)=S)[C@H](c2ccc3c(c2)OCO3)[C@H]1S(C)(=O)=O. The number of hydrogen-bond donors (Lipinski definition) is 1. The highest BCUT2D eigenvalue weighted by molar-refractivity contribution is 7.92. The van der Waals surface area contributed by atoms with Gasteiger partial charge in [0.05, 0.1) is 22.3 Å². The Labute approximate surface area is 134 Å². The standard InChI is InChI=1S/C14H17NO5S2/c1-18-6-14(13(15)21)11(12(14)22(2,16)17)8-3-4-9-10(5-8)20-7-19-9/h3-5,11-12H,6-7H2,1-2H3,(H2,15,21)/t11-,12-,14+/m1/s1. The second-order valence-corrected chi connectivity index (χ2v) is 8.28. The molecular weight excluding hydrogens is 326 g/mol. The Morgan fingerprint density at radius 3 is 2.73 bits per heavy atom. The van der Waals surface area contributed by atoms with Crippen LogP contribution in [0.4, 0.5) is 0 Å². The van der Waals surface area contributed by atoms with E-state index in [-0.39, 0.29) is 24.3 Å². The zero-order chi connectivity index (χ0) is 16.1. The van der Waals surface area contributed by atoms with E-state index in [0.29, 0.717) is 11.5 Å². The predicted molar refractivity (Wildman–Crippen MR) is 85.0 cm³/mol. The highest BCUT2D eigenvalue weighted by Crippen LogP contribution is 2.63. The first-order valence-corrected chi connectivity index (χ1v) is 9.06. The molecule has 0 saturated heterocycles. The molecule has 0 bridgehead atoms. The van der Waals surface area contributed by atoms with Crippen molar-refractivity contribution in [1.82, 2.24) is 0 Å². The van der Waals surface area contributed by atoms with Crippen molar-refractivity contribution in [2.24, 2.45) is 11.1 Å². The molecule has 0 aromatic heterocycles. The summed E-state index contributed by atoms with van der Waals surface area (Å²) in [7, 11) is -1.83. The highest BCUT2D eigenvalue weighted by atomic mass is 32.2. The average Bonchev–Trinajstić information content (AvgIpc) is 2.91. The fourth-order valence-corrected chi connectivity index (χ4v) is 5.70. The molecule has 2 aliphatic rings. The van der Waals surface area contributed by atoms with Crippen LogP contribution in [0.1, 0.15) is 11.5 Å². The van der Waals surface area contributed by atoms with Crippen LogP contribution in [0.2, 0.25) is 0 Å². The normalized spacial score (nSPS) is 29.4. The van der Waals surface area contributed by atoms with Gasteiger partial charge in [-0.3, -0.25) is 0 Å². The molecule has 1 heterocycles. The first-order chi connectivity index (χ1) is 10.3. The Bertz CT molecular complexity index is 733. The van der Waals surface area contributed by atoms with E-state index in [2.05, 4.69) is 0 Å². The van der Waals surface area contributed by atoms with Crippen molar-refractivity contribution in [2.75, 3.05) is 26.8 Å². The Morgan fingerprint density at radius 1 is 1.45 bits per heavy atom. The molecule has 22 heavy (non-hydrogen) atoms. The maximum atomic E-state index is 12.2. The summed E-state index contributed by atoms with van der Waals surface area (Å²) in [5.41, 5.74) is 5.82. The van der Waals surface area contributed by atoms with Gasteiger partial charge in [0.25, 0.3) is 0 Å². The van der Waals surface area contributed by atoms with E-state index in [1.807, 2.05) is 6.07 Å². The molecule has 6 nitrogen and oxygen atoms in total. The van der Waals surface area contributed by atoms with Crippen molar-refractivity contribution >= 4 is 27.0 Å². The monoisotopic (exact) mass is 343 g/mol. The number of ether oxygens (including phenoxy) is 3. The molecule has 0 spiro atoms. The zero-order valence-corrected chi connectivity index (χ0v) is 13.9. The number of nitrogens with two attached hydrogens (primary N) is 1. The van der Waals surface area contributed by atoms with Gasteiger partial charge in [-0.05, 0) is 17.7 Å². The van der Waals surface area contributed by atoms with E-state index < -0.39 is 20.5 Å². The molecule has 8 heteroatoms. The van der Waals surface area contributed by atoms with E-state index >= 15 is 0 Å². The third-order valence-electron chi connectivity index (χ3n) is 4.32.